The molecule has 2 nitrogen and oxygen atoms in total. The number of aromatic nitrogens is 1. The number of nitrogens with zero attached hydrogens (tertiary/aromatic N) is 2. The minimum atomic E-state index is -0.370. The van der Waals surface area contributed by atoms with Crippen LogP contribution >= 0.6 is 11.6 Å². The zero-order valence-corrected chi connectivity index (χ0v) is 15.0. The lowest BCUT2D eigenvalue weighted by Crippen LogP contribution is -2.48. The molecule has 1 aromatic carbocycles. The van der Waals surface area contributed by atoms with E-state index in [-0.39, 0.29) is 28.7 Å². The Hall–Kier alpha value is -1.98. The maximum absolute atomic E-state index is 6.74. The van der Waals surface area contributed by atoms with E-state index in [1.54, 1.807) is 0 Å². The van der Waals surface area contributed by atoms with Gasteiger partial charge in [-0.05, 0) is 31.6 Å². The largest absolute Gasteiger partial charge is 0.663 e. The lowest BCUT2D eigenvalue weighted by molar-refractivity contribution is 0.203. The predicted molar refractivity (Wildman–Crippen MR) is 103 cm³/mol. The molecule has 24 heavy (non-hydrogen) atoms. The molecule has 0 radical (unpaired) electrons. The lowest BCUT2D eigenvalue weighted by Gasteiger charge is -2.44. The molecule has 0 bridgehead atoms. The highest BCUT2D eigenvalue weighted by Crippen LogP contribution is 2.54. The van der Waals surface area contributed by atoms with Gasteiger partial charge in [0, 0.05) is 0 Å². The molecular formula is C21H23ClN2. The van der Waals surface area contributed by atoms with Crippen molar-refractivity contribution in [1.82, 2.24) is 4.98 Å². The van der Waals surface area contributed by atoms with Crippen LogP contribution in [0.3, 0.4) is 0 Å². The fourth-order valence-electron chi connectivity index (χ4n) is 4.12. The average molecular weight is 339 g/mol. The number of hydrogen-bond acceptors (Lipinski definition) is 0. The molecule has 1 aliphatic rings. The van der Waals surface area contributed by atoms with E-state index >= 15 is 0 Å². The smallest absolute Gasteiger partial charge is 0.289 e. The molecule has 124 valence electrons. The van der Waals surface area contributed by atoms with Crippen LogP contribution in [0.4, 0.5) is 0 Å². The van der Waals surface area contributed by atoms with Gasteiger partial charge in [-0.3, -0.25) is 0 Å². The molecule has 3 heteroatoms. The lowest BCUT2D eigenvalue weighted by atomic mass is 9.59. The van der Waals surface area contributed by atoms with Crippen LogP contribution < -0.4 is 4.98 Å². The van der Waals surface area contributed by atoms with Crippen LogP contribution in [-0.4, -0.2) is 11.4 Å². The molecule has 1 saturated carbocycles. The summed E-state index contributed by atoms with van der Waals surface area (Å²) in [6.07, 6.45) is 4.70. The zero-order valence-electron chi connectivity index (χ0n) is 14.2. The first kappa shape index (κ1) is 16.9. The SMILES string of the molecule is C#[N+][C@@H]1C(c2c[n-]c3ccccc23)[C@@H](C(=C)C)C[C@@H](Cl)[C@@]1(C)C=C. The Kier molecular flexibility index (Phi) is 4.32. The monoisotopic (exact) mass is 338 g/mol. The second-order valence-corrected chi connectivity index (χ2v) is 7.60. The van der Waals surface area contributed by atoms with Crippen LogP contribution in [0.2, 0.25) is 0 Å². The van der Waals surface area contributed by atoms with Gasteiger partial charge in [0.1, 0.15) is 0 Å². The van der Waals surface area contributed by atoms with Crippen molar-refractivity contribution in [2.45, 2.75) is 37.6 Å². The summed E-state index contributed by atoms with van der Waals surface area (Å²) in [7, 11) is 0. The first-order valence-corrected chi connectivity index (χ1v) is 8.71. The highest BCUT2D eigenvalue weighted by Gasteiger charge is 2.57. The molecule has 1 heterocycles. The fraction of sp³-hybridized carbons (Fsp3) is 0.381. The van der Waals surface area contributed by atoms with Crippen LogP contribution in [0.25, 0.3) is 15.7 Å². The summed E-state index contributed by atoms with van der Waals surface area (Å²) in [6.45, 7) is 18.3. The van der Waals surface area contributed by atoms with Crippen molar-refractivity contribution in [2.24, 2.45) is 11.3 Å². The average Bonchev–Trinajstić information content (AvgIpc) is 3.00. The number of para-hydroxylation sites is 1. The molecule has 0 spiro atoms. The number of hydrogen-bond donors (Lipinski definition) is 0. The number of benzene rings is 1. The number of rotatable bonds is 3. The van der Waals surface area contributed by atoms with E-state index in [1.807, 2.05) is 30.5 Å². The molecule has 1 unspecified atom stereocenters. The molecule has 3 rings (SSSR count). The molecule has 1 aromatic heterocycles. The van der Waals surface area contributed by atoms with E-state index in [0.717, 1.165) is 22.9 Å². The Balaban J connectivity index is 2.21. The molecular weight excluding hydrogens is 316 g/mol. The third-order valence-corrected chi connectivity index (χ3v) is 6.35. The highest BCUT2D eigenvalue weighted by atomic mass is 35.5. The van der Waals surface area contributed by atoms with E-state index in [4.69, 9.17) is 18.2 Å². The minimum absolute atomic E-state index is 0.0839. The fourth-order valence-corrected chi connectivity index (χ4v) is 4.53. The van der Waals surface area contributed by atoms with Gasteiger partial charge in [-0.15, -0.1) is 23.7 Å². The van der Waals surface area contributed by atoms with Crippen molar-refractivity contribution < 1.29 is 0 Å². The standard InChI is InChI=1S/C21H23ClN2/c1-6-21(4)18(22)11-15(13(2)3)19(20(21)23-5)16-12-24-17-10-8-7-9-14(16)17/h5-10,12,15,18-20H,1-2,11H2,3-4H3/t15-,18-,19?,20-,21-/m1/s1. The number of fused-ring (bicyclic) bond motifs is 1. The second kappa shape index (κ2) is 6.15. The Bertz CT molecular complexity index is 828. The Morgan fingerprint density at radius 1 is 1.46 bits per heavy atom. The maximum atomic E-state index is 6.74. The highest BCUT2D eigenvalue weighted by molar-refractivity contribution is 6.21. The summed E-state index contributed by atoms with van der Waals surface area (Å²) in [5, 5.41) is 1.07. The van der Waals surface area contributed by atoms with Crippen molar-refractivity contribution in [3.8, 4) is 6.57 Å². The van der Waals surface area contributed by atoms with E-state index in [0.29, 0.717) is 0 Å². The second-order valence-electron chi connectivity index (χ2n) is 7.08. The van der Waals surface area contributed by atoms with Gasteiger partial charge in [-0.2, -0.15) is 6.20 Å². The molecule has 0 saturated heterocycles. The van der Waals surface area contributed by atoms with E-state index < -0.39 is 0 Å². The van der Waals surface area contributed by atoms with Crippen molar-refractivity contribution in [3.63, 3.8) is 0 Å². The Labute approximate surface area is 149 Å². The summed E-state index contributed by atoms with van der Waals surface area (Å²) in [5.41, 5.74) is 2.91. The van der Waals surface area contributed by atoms with Gasteiger partial charge in [0.15, 0.2) is 0 Å². The summed E-state index contributed by atoms with van der Waals surface area (Å²) < 4.78 is 0. The third-order valence-electron chi connectivity index (χ3n) is 5.70. The van der Waals surface area contributed by atoms with Gasteiger partial charge in [-0.25, -0.2) is 0 Å². The molecule has 5 atom stereocenters. The van der Waals surface area contributed by atoms with E-state index in [1.165, 1.54) is 5.56 Å². The third kappa shape index (κ3) is 2.39. The molecule has 1 aliphatic carbocycles. The van der Waals surface area contributed by atoms with E-state index in [9.17, 15) is 0 Å². The zero-order chi connectivity index (χ0) is 17.5. The molecule has 0 aliphatic heterocycles. The topological polar surface area (TPSA) is 18.5 Å². The molecule has 1 fully saturated rings. The van der Waals surface area contributed by atoms with Crippen LogP contribution in [0.1, 0.15) is 31.7 Å². The quantitative estimate of drug-likeness (QED) is 0.525. The number of allylic oxidation sites excluding steroid dienone is 1. The van der Waals surface area contributed by atoms with Crippen molar-refractivity contribution in [2.75, 3.05) is 0 Å². The predicted octanol–water partition coefficient (Wildman–Crippen LogP) is 5.61. The molecule has 2 aromatic rings. The summed E-state index contributed by atoms with van der Waals surface area (Å²) in [4.78, 5) is 8.85. The number of alkyl halides is 1. The van der Waals surface area contributed by atoms with Gasteiger partial charge >= 0.3 is 0 Å². The Morgan fingerprint density at radius 3 is 2.79 bits per heavy atom. The maximum Gasteiger partial charge on any atom is 0.289 e. The van der Waals surface area contributed by atoms with Crippen LogP contribution in [0, 0.1) is 17.9 Å². The Morgan fingerprint density at radius 2 is 2.17 bits per heavy atom. The van der Waals surface area contributed by atoms with Crippen LogP contribution in [0.5, 0.6) is 0 Å². The first-order chi connectivity index (χ1) is 11.4. The number of halogens is 1. The summed E-state index contributed by atoms with van der Waals surface area (Å²) in [6, 6.07) is 8.02. The van der Waals surface area contributed by atoms with Gasteiger partial charge in [0.2, 0.25) is 0 Å². The minimum Gasteiger partial charge on any atom is -0.663 e. The van der Waals surface area contributed by atoms with Gasteiger partial charge < -0.3 is 4.98 Å². The van der Waals surface area contributed by atoms with E-state index in [2.05, 4.69) is 42.9 Å². The van der Waals surface area contributed by atoms with Crippen molar-refractivity contribution in [3.05, 3.63) is 65.7 Å². The summed E-state index contributed by atoms with van der Waals surface area (Å²) >= 11 is 6.74. The van der Waals surface area contributed by atoms with Crippen molar-refractivity contribution in [1.29, 1.82) is 0 Å². The van der Waals surface area contributed by atoms with Crippen LogP contribution in [0.15, 0.2) is 55.3 Å². The molecule has 0 amide bonds. The molecule has 0 N–H and O–H groups in total. The van der Waals surface area contributed by atoms with Gasteiger partial charge in [0.05, 0.1) is 16.7 Å². The summed E-state index contributed by atoms with van der Waals surface area (Å²) in [5.74, 6) is 0.309. The van der Waals surface area contributed by atoms with Crippen molar-refractivity contribution >= 4 is 22.5 Å². The van der Waals surface area contributed by atoms with Gasteiger partial charge in [-0.1, -0.05) is 52.9 Å². The first-order valence-electron chi connectivity index (χ1n) is 8.27. The van der Waals surface area contributed by atoms with Crippen LogP contribution in [-0.2, 0) is 0 Å². The van der Waals surface area contributed by atoms with Gasteiger partial charge in [0.25, 0.3) is 12.6 Å². The normalized spacial score (nSPS) is 33.1.